The Bertz CT molecular complexity index is 414. The lowest BCUT2D eigenvalue weighted by Crippen LogP contribution is -2.30. The number of hydrogen-bond donors (Lipinski definition) is 0. The van der Waals surface area contributed by atoms with Gasteiger partial charge in [0.2, 0.25) is 10.0 Å². The number of nitrogens with zero attached hydrogens (tertiary/aromatic N) is 4. The Labute approximate surface area is 88.9 Å². The molecule has 1 fully saturated rings. The zero-order valence-corrected chi connectivity index (χ0v) is 9.39. The SMILES string of the molecule is CCS(=O)(=O)N1CCC(n2ccnn2)C1. The van der Waals surface area contributed by atoms with Gasteiger partial charge in [0.1, 0.15) is 0 Å². The first kappa shape index (κ1) is 10.6. The predicted molar refractivity (Wildman–Crippen MR) is 54.7 cm³/mol. The maximum atomic E-state index is 11.6. The van der Waals surface area contributed by atoms with Crippen LogP contribution in [-0.4, -0.2) is 46.6 Å². The van der Waals surface area contributed by atoms with Gasteiger partial charge in [-0.25, -0.2) is 13.1 Å². The van der Waals surface area contributed by atoms with Crippen molar-refractivity contribution in [3.63, 3.8) is 0 Å². The molecule has 0 saturated carbocycles. The van der Waals surface area contributed by atoms with Gasteiger partial charge in [-0.2, -0.15) is 4.31 Å². The van der Waals surface area contributed by atoms with Crippen molar-refractivity contribution in [2.24, 2.45) is 0 Å². The van der Waals surface area contributed by atoms with Crippen LogP contribution in [0.2, 0.25) is 0 Å². The highest BCUT2D eigenvalue weighted by atomic mass is 32.2. The summed E-state index contributed by atoms with van der Waals surface area (Å²) in [6.45, 7) is 2.76. The second-order valence-electron chi connectivity index (χ2n) is 3.58. The van der Waals surface area contributed by atoms with E-state index in [1.54, 1.807) is 24.0 Å². The average Bonchev–Trinajstić information content (AvgIpc) is 2.88. The topological polar surface area (TPSA) is 68.1 Å². The molecule has 1 aliphatic rings. The molecule has 84 valence electrons. The van der Waals surface area contributed by atoms with Crippen molar-refractivity contribution >= 4 is 10.0 Å². The summed E-state index contributed by atoms with van der Waals surface area (Å²) in [7, 11) is -3.05. The van der Waals surface area contributed by atoms with Gasteiger partial charge in [0, 0.05) is 19.3 Å². The van der Waals surface area contributed by atoms with Crippen LogP contribution in [0.4, 0.5) is 0 Å². The van der Waals surface area contributed by atoms with E-state index in [0.29, 0.717) is 13.1 Å². The monoisotopic (exact) mass is 230 g/mol. The van der Waals surface area contributed by atoms with Crippen LogP contribution in [-0.2, 0) is 10.0 Å². The molecule has 0 aromatic carbocycles. The van der Waals surface area contributed by atoms with Crippen LogP contribution in [0.1, 0.15) is 19.4 Å². The molecule has 0 bridgehead atoms. The van der Waals surface area contributed by atoms with Crippen LogP contribution < -0.4 is 0 Å². The summed E-state index contributed by atoms with van der Waals surface area (Å²) < 4.78 is 26.4. The fraction of sp³-hybridized carbons (Fsp3) is 0.750. The van der Waals surface area contributed by atoms with Crippen molar-refractivity contribution in [2.75, 3.05) is 18.8 Å². The predicted octanol–water partition coefficient (Wildman–Crippen LogP) is -0.125. The third-order valence-corrected chi connectivity index (χ3v) is 4.55. The summed E-state index contributed by atoms with van der Waals surface area (Å²) in [5.74, 6) is 0.164. The van der Waals surface area contributed by atoms with Crippen molar-refractivity contribution in [1.29, 1.82) is 0 Å². The molecular formula is C8H14N4O2S. The van der Waals surface area contributed by atoms with Crippen LogP contribution in [0.3, 0.4) is 0 Å². The summed E-state index contributed by atoms with van der Waals surface area (Å²) >= 11 is 0. The molecule has 15 heavy (non-hydrogen) atoms. The molecule has 1 unspecified atom stereocenters. The molecule has 2 rings (SSSR count). The largest absolute Gasteiger partial charge is 0.248 e. The number of aromatic nitrogens is 3. The minimum atomic E-state index is -3.05. The molecule has 0 N–H and O–H groups in total. The molecule has 7 heteroatoms. The Balaban J connectivity index is 2.08. The van der Waals surface area contributed by atoms with Crippen molar-refractivity contribution < 1.29 is 8.42 Å². The van der Waals surface area contributed by atoms with Gasteiger partial charge < -0.3 is 0 Å². The molecule has 1 atom stereocenters. The van der Waals surface area contributed by atoms with Gasteiger partial charge in [-0.3, -0.25) is 0 Å². The summed E-state index contributed by atoms with van der Waals surface area (Å²) in [6.07, 6.45) is 4.19. The third-order valence-electron chi connectivity index (χ3n) is 2.70. The number of sulfonamides is 1. The van der Waals surface area contributed by atoms with Gasteiger partial charge in [-0.15, -0.1) is 5.10 Å². The van der Waals surface area contributed by atoms with E-state index >= 15 is 0 Å². The first-order valence-corrected chi connectivity index (χ1v) is 6.58. The average molecular weight is 230 g/mol. The molecule has 0 spiro atoms. The minimum Gasteiger partial charge on any atom is -0.248 e. The van der Waals surface area contributed by atoms with Gasteiger partial charge in [0.05, 0.1) is 18.0 Å². The smallest absolute Gasteiger partial charge is 0.213 e. The fourth-order valence-electron chi connectivity index (χ4n) is 1.77. The Hall–Kier alpha value is -0.950. The second-order valence-corrected chi connectivity index (χ2v) is 5.84. The van der Waals surface area contributed by atoms with Crippen molar-refractivity contribution in [1.82, 2.24) is 19.3 Å². The number of rotatable bonds is 3. The van der Waals surface area contributed by atoms with E-state index in [0.717, 1.165) is 6.42 Å². The lowest BCUT2D eigenvalue weighted by Gasteiger charge is -2.14. The quantitative estimate of drug-likeness (QED) is 0.725. The van der Waals surface area contributed by atoms with Crippen molar-refractivity contribution in [2.45, 2.75) is 19.4 Å². The third kappa shape index (κ3) is 2.03. The summed E-state index contributed by atoms with van der Waals surface area (Å²) in [5.41, 5.74) is 0. The minimum absolute atomic E-state index is 0.133. The molecule has 0 amide bonds. The van der Waals surface area contributed by atoms with Gasteiger partial charge in [-0.05, 0) is 13.3 Å². The van der Waals surface area contributed by atoms with E-state index in [1.807, 2.05) is 0 Å². The Morgan fingerprint density at radius 2 is 2.33 bits per heavy atom. The summed E-state index contributed by atoms with van der Waals surface area (Å²) in [5, 5.41) is 7.60. The van der Waals surface area contributed by atoms with Gasteiger partial charge in [-0.1, -0.05) is 5.21 Å². The Morgan fingerprint density at radius 1 is 1.53 bits per heavy atom. The zero-order valence-electron chi connectivity index (χ0n) is 8.57. The van der Waals surface area contributed by atoms with Crippen molar-refractivity contribution in [3.05, 3.63) is 12.4 Å². The molecule has 1 saturated heterocycles. The van der Waals surface area contributed by atoms with E-state index in [1.165, 1.54) is 4.31 Å². The van der Waals surface area contributed by atoms with E-state index in [9.17, 15) is 8.42 Å². The lowest BCUT2D eigenvalue weighted by atomic mass is 10.3. The standard InChI is InChI=1S/C8H14N4O2S/c1-2-15(13,14)11-5-3-8(7-11)12-6-4-9-10-12/h4,6,8H,2-3,5,7H2,1H3. The van der Waals surface area contributed by atoms with E-state index in [-0.39, 0.29) is 11.8 Å². The van der Waals surface area contributed by atoms with Crippen molar-refractivity contribution in [3.8, 4) is 0 Å². The maximum absolute atomic E-state index is 11.6. The highest BCUT2D eigenvalue weighted by molar-refractivity contribution is 7.89. The highest BCUT2D eigenvalue weighted by Crippen LogP contribution is 2.22. The van der Waals surface area contributed by atoms with Gasteiger partial charge in [0.15, 0.2) is 0 Å². The van der Waals surface area contributed by atoms with Crippen LogP contribution in [0.5, 0.6) is 0 Å². The molecule has 6 nitrogen and oxygen atoms in total. The van der Waals surface area contributed by atoms with E-state index in [4.69, 9.17) is 0 Å². The molecule has 1 aromatic heterocycles. The van der Waals surface area contributed by atoms with Crippen LogP contribution in [0.15, 0.2) is 12.4 Å². The molecular weight excluding hydrogens is 216 g/mol. The van der Waals surface area contributed by atoms with Gasteiger partial charge in [0.25, 0.3) is 0 Å². The maximum Gasteiger partial charge on any atom is 0.213 e. The second kappa shape index (κ2) is 3.90. The van der Waals surface area contributed by atoms with Gasteiger partial charge >= 0.3 is 0 Å². The molecule has 0 radical (unpaired) electrons. The lowest BCUT2D eigenvalue weighted by molar-refractivity contribution is 0.429. The Kier molecular flexibility index (Phi) is 2.74. The first-order chi connectivity index (χ1) is 7.13. The highest BCUT2D eigenvalue weighted by Gasteiger charge is 2.31. The van der Waals surface area contributed by atoms with Crippen LogP contribution >= 0.6 is 0 Å². The summed E-state index contributed by atoms with van der Waals surface area (Å²) in [6, 6.07) is 0.133. The molecule has 2 heterocycles. The molecule has 1 aliphatic heterocycles. The molecule has 1 aromatic rings. The number of hydrogen-bond acceptors (Lipinski definition) is 4. The van der Waals surface area contributed by atoms with Crippen LogP contribution in [0.25, 0.3) is 0 Å². The Morgan fingerprint density at radius 3 is 2.93 bits per heavy atom. The fourth-order valence-corrected chi connectivity index (χ4v) is 2.92. The zero-order chi connectivity index (χ0) is 10.9. The van der Waals surface area contributed by atoms with Crippen LogP contribution in [0, 0.1) is 0 Å². The first-order valence-electron chi connectivity index (χ1n) is 4.97. The van der Waals surface area contributed by atoms with E-state index in [2.05, 4.69) is 10.3 Å². The summed E-state index contributed by atoms with van der Waals surface area (Å²) in [4.78, 5) is 0. The van der Waals surface area contributed by atoms with E-state index < -0.39 is 10.0 Å². The normalized spacial score (nSPS) is 23.4. The molecule has 0 aliphatic carbocycles.